The average Bonchev–Trinajstić information content (AvgIpc) is 2.88. The minimum Gasteiger partial charge on any atom is -0.324 e. The van der Waals surface area contributed by atoms with Crippen LogP contribution in [-0.2, 0) is 17.8 Å². The number of hydrogen-bond donors (Lipinski definition) is 2. The lowest BCUT2D eigenvalue weighted by molar-refractivity contribution is -0.119. The summed E-state index contributed by atoms with van der Waals surface area (Å²) >= 11 is 0. The molecule has 0 bridgehead atoms. The molecule has 2 heterocycles. The Balaban J connectivity index is 1.77. The normalized spacial score (nSPS) is 18.0. The van der Waals surface area contributed by atoms with E-state index in [1.807, 2.05) is 31.3 Å². The summed E-state index contributed by atoms with van der Waals surface area (Å²) in [5.41, 5.74) is 2.92. The van der Waals surface area contributed by atoms with Crippen LogP contribution in [0.4, 0.5) is 5.69 Å². The minimum atomic E-state index is -0.305. The van der Waals surface area contributed by atoms with Gasteiger partial charge in [-0.05, 0) is 31.0 Å². The molecule has 1 unspecified atom stereocenters. The standard InChI is InChI=1S/C15H19N5O/c1-2-16-9-12-10-20(19-18-12)14-8-7-11-5-3-4-6-13(11)17-15(14)21/h3-6,10,14,16H,2,7-9H2,1H3,(H,17,21). The van der Waals surface area contributed by atoms with E-state index in [0.29, 0.717) is 6.54 Å². The molecule has 1 amide bonds. The number of para-hydroxylation sites is 1. The van der Waals surface area contributed by atoms with Gasteiger partial charge in [0, 0.05) is 12.2 Å². The predicted molar refractivity (Wildman–Crippen MR) is 79.8 cm³/mol. The van der Waals surface area contributed by atoms with Gasteiger partial charge < -0.3 is 10.6 Å². The van der Waals surface area contributed by atoms with Crippen LogP contribution in [0.1, 0.15) is 30.6 Å². The van der Waals surface area contributed by atoms with Crippen molar-refractivity contribution < 1.29 is 4.79 Å². The molecule has 3 rings (SSSR count). The maximum absolute atomic E-state index is 12.4. The van der Waals surface area contributed by atoms with E-state index in [1.54, 1.807) is 4.68 Å². The Bertz CT molecular complexity index is 636. The molecule has 1 aromatic heterocycles. The van der Waals surface area contributed by atoms with Crippen LogP contribution in [0.25, 0.3) is 0 Å². The number of aromatic nitrogens is 3. The first-order valence-electron chi connectivity index (χ1n) is 7.28. The van der Waals surface area contributed by atoms with Gasteiger partial charge in [0.25, 0.3) is 0 Å². The highest BCUT2D eigenvalue weighted by Gasteiger charge is 2.25. The zero-order valence-corrected chi connectivity index (χ0v) is 12.0. The summed E-state index contributed by atoms with van der Waals surface area (Å²) in [7, 11) is 0. The summed E-state index contributed by atoms with van der Waals surface area (Å²) < 4.78 is 1.67. The number of hydrogen-bond acceptors (Lipinski definition) is 4. The molecule has 0 saturated heterocycles. The van der Waals surface area contributed by atoms with E-state index < -0.39 is 0 Å². The van der Waals surface area contributed by atoms with Crippen molar-refractivity contribution in [1.29, 1.82) is 0 Å². The maximum Gasteiger partial charge on any atom is 0.249 e. The Morgan fingerprint density at radius 3 is 3.14 bits per heavy atom. The van der Waals surface area contributed by atoms with Gasteiger partial charge in [-0.1, -0.05) is 30.3 Å². The average molecular weight is 285 g/mol. The van der Waals surface area contributed by atoms with Crippen LogP contribution in [0.2, 0.25) is 0 Å². The van der Waals surface area contributed by atoms with E-state index in [-0.39, 0.29) is 11.9 Å². The summed E-state index contributed by atoms with van der Waals surface area (Å²) in [5.74, 6) is -0.0279. The Hall–Kier alpha value is -2.21. The third-order valence-corrected chi connectivity index (χ3v) is 3.70. The molecular weight excluding hydrogens is 266 g/mol. The Kier molecular flexibility index (Phi) is 3.96. The topological polar surface area (TPSA) is 71.8 Å². The fourth-order valence-electron chi connectivity index (χ4n) is 2.55. The summed E-state index contributed by atoms with van der Waals surface area (Å²) in [6.07, 6.45) is 3.43. The highest BCUT2D eigenvalue weighted by atomic mass is 16.2. The molecule has 110 valence electrons. The van der Waals surface area contributed by atoms with Gasteiger partial charge in [0.1, 0.15) is 6.04 Å². The van der Waals surface area contributed by atoms with Crippen molar-refractivity contribution in [1.82, 2.24) is 20.3 Å². The molecular formula is C15H19N5O. The monoisotopic (exact) mass is 285 g/mol. The van der Waals surface area contributed by atoms with Crippen LogP contribution in [0.5, 0.6) is 0 Å². The highest BCUT2D eigenvalue weighted by Crippen LogP contribution is 2.26. The van der Waals surface area contributed by atoms with E-state index in [9.17, 15) is 4.79 Å². The van der Waals surface area contributed by atoms with Crippen LogP contribution < -0.4 is 10.6 Å². The Morgan fingerprint density at radius 2 is 2.29 bits per heavy atom. The smallest absolute Gasteiger partial charge is 0.249 e. The molecule has 6 nitrogen and oxygen atoms in total. The molecule has 1 aromatic carbocycles. The molecule has 1 aliphatic rings. The summed E-state index contributed by atoms with van der Waals surface area (Å²) in [6, 6.07) is 7.61. The number of nitrogens with one attached hydrogen (secondary N) is 2. The third kappa shape index (κ3) is 2.95. The first-order chi connectivity index (χ1) is 10.3. The fraction of sp³-hybridized carbons (Fsp3) is 0.400. The third-order valence-electron chi connectivity index (χ3n) is 3.70. The predicted octanol–water partition coefficient (Wildman–Crippen LogP) is 1.51. The van der Waals surface area contributed by atoms with Crippen molar-refractivity contribution in [3.05, 3.63) is 41.7 Å². The number of aryl methyl sites for hydroxylation is 1. The van der Waals surface area contributed by atoms with Crippen LogP contribution in [0, 0.1) is 0 Å². The lowest BCUT2D eigenvalue weighted by Crippen LogP contribution is -2.25. The van der Waals surface area contributed by atoms with Crippen molar-refractivity contribution in [2.45, 2.75) is 32.4 Å². The summed E-state index contributed by atoms with van der Waals surface area (Å²) in [4.78, 5) is 12.4. The van der Waals surface area contributed by atoms with E-state index in [1.165, 1.54) is 5.56 Å². The van der Waals surface area contributed by atoms with Gasteiger partial charge in [0.2, 0.25) is 5.91 Å². The van der Waals surface area contributed by atoms with Gasteiger partial charge in [-0.3, -0.25) is 4.79 Å². The second-order valence-electron chi connectivity index (χ2n) is 5.17. The lowest BCUT2D eigenvalue weighted by atomic mass is 10.1. The SMILES string of the molecule is CCNCc1cn(C2CCc3ccccc3NC2=O)nn1. The van der Waals surface area contributed by atoms with Crippen LogP contribution in [0.15, 0.2) is 30.5 Å². The molecule has 21 heavy (non-hydrogen) atoms. The fourth-order valence-corrected chi connectivity index (χ4v) is 2.55. The van der Waals surface area contributed by atoms with Crippen LogP contribution in [0.3, 0.4) is 0 Å². The molecule has 6 heteroatoms. The number of amides is 1. The zero-order chi connectivity index (χ0) is 14.7. The molecule has 2 N–H and O–H groups in total. The molecule has 1 aliphatic heterocycles. The van der Waals surface area contributed by atoms with Gasteiger partial charge in [-0.25, -0.2) is 4.68 Å². The van der Waals surface area contributed by atoms with Crippen molar-refractivity contribution in [2.75, 3.05) is 11.9 Å². The Labute approximate surface area is 123 Å². The number of rotatable bonds is 4. The quantitative estimate of drug-likeness (QED) is 0.893. The number of nitrogens with zero attached hydrogens (tertiary/aromatic N) is 3. The molecule has 0 fully saturated rings. The van der Waals surface area contributed by atoms with Crippen molar-refractivity contribution in [2.24, 2.45) is 0 Å². The molecule has 0 radical (unpaired) electrons. The van der Waals surface area contributed by atoms with Crippen molar-refractivity contribution in [3.63, 3.8) is 0 Å². The van der Waals surface area contributed by atoms with E-state index in [2.05, 4.69) is 27.0 Å². The number of anilines is 1. The largest absolute Gasteiger partial charge is 0.324 e. The van der Waals surface area contributed by atoms with E-state index in [4.69, 9.17) is 0 Å². The van der Waals surface area contributed by atoms with Gasteiger partial charge >= 0.3 is 0 Å². The molecule has 0 saturated carbocycles. The maximum atomic E-state index is 12.4. The first kappa shape index (κ1) is 13.8. The summed E-state index contributed by atoms with van der Waals surface area (Å²) in [6.45, 7) is 3.59. The number of carbonyl (C=O) groups is 1. The number of fused-ring (bicyclic) bond motifs is 1. The molecule has 0 aliphatic carbocycles. The van der Waals surface area contributed by atoms with Gasteiger partial charge in [0.15, 0.2) is 0 Å². The number of carbonyl (C=O) groups excluding carboxylic acids is 1. The first-order valence-corrected chi connectivity index (χ1v) is 7.28. The summed E-state index contributed by atoms with van der Waals surface area (Å²) in [5, 5.41) is 14.4. The lowest BCUT2D eigenvalue weighted by Gasteiger charge is -2.12. The van der Waals surface area contributed by atoms with E-state index in [0.717, 1.165) is 30.8 Å². The highest BCUT2D eigenvalue weighted by molar-refractivity contribution is 5.95. The zero-order valence-electron chi connectivity index (χ0n) is 12.0. The van der Waals surface area contributed by atoms with Gasteiger partial charge in [-0.15, -0.1) is 5.10 Å². The Morgan fingerprint density at radius 1 is 1.43 bits per heavy atom. The van der Waals surface area contributed by atoms with E-state index >= 15 is 0 Å². The van der Waals surface area contributed by atoms with Crippen molar-refractivity contribution in [3.8, 4) is 0 Å². The minimum absolute atomic E-state index is 0.0279. The second kappa shape index (κ2) is 6.05. The second-order valence-corrected chi connectivity index (χ2v) is 5.17. The van der Waals surface area contributed by atoms with Gasteiger partial charge in [0.05, 0.1) is 11.9 Å². The molecule has 0 spiro atoms. The van der Waals surface area contributed by atoms with Crippen LogP contribution >= 0.6 is 0 Å². The molecule has 1 atom stereocenters. The molecule has 2 aromatic rings. The number of benzene rings is 1. The van der Waals surface area contributed by atoms with Crippen LogP contribution in [-0.4, -0.2) is 27.4 Å². The van der Waals surface area contributed by atoms with Crippen molar-refractivity contribution >= 4 is 11.6 Å². The van der Waals surface area contributed by atoms with Gasteiger partial charge in [-0.2, -0.15) is 0 Å².